The van der Waals surface area contributed by atoms with Gasteiger partial charge in [0.05, 0.1) is 29.7 Å². The molecule has 4 rings (SSSR count). The van der Waals surface area contributed by atoms with Crippen molar-refractivity contribution in [3.63, 3.8) is 0 Å². The van der Waals surface area contributed by atoms with Crippen molar-refractivity contribution in [2.75, 3.05) is 25.0 Å². The van der Waals surface area contributed by atoms with Crippen LogP contribution in [0.15, 0.2) is 36.8 Å². The molecule has 36 heavy (non-hydrogen) atoms. The summed E-state index contributed by atoms with van der Waals surface area (Å²) in [7, 11) is 0. The fourth-order valence-corrected chi connectivity index (χ4v) is 4.15. The van der Waals surface area contributed by atoms with Crippen molar-refractivity contribution < 1.29 is 19.1 Å². The number of piperidine rings is 1. The van der Waals surface area contributed by atoms with Crippen LogP contribution in [-0.4, -0.2) is 63.3 Å². The van der Waals surface area contributed by atoms with Crippen LogP contribution in [0.2, 0.25) is 5.15 Å². The fourth-order valence-electron chi connectivity index (χ4n) is 4.04. The summed E-state index contributed by atoms with van der Waals surface area (Å²) in [5.74, 6) is -0.452. The first-order valence-electron chi connectivity index (χ1n) is 12.0. The number of halogens is 1. The summed E-state index contributed by atoms with van der Waals surface area (Å²) in [6.07, 6.45) is 5.93. The zero-order valence-electron chi connectivity index (χ0n) is 20.9. The molecular formula is C26H30ClN5O4. The van der Waals surface area contributed by atoms with Gasteiger partial charge in [0.15, 0.2) is 0 Å². The number of ether oxygens (including phenoxy) is 2. The number of hydrogen-bond acceptors (Lipinski definition) is 8. The lowest BCUT2D eigenvalue weighted by Crippen LogP contribution is -2.44. The molecule has 0 aromatic carbocycles. The SMILES string of the molecule is CCOC(=O)c1cnc2cnc(-c3ccc(Cl)nc3)cc2c1NC1CCN(C(=O)OC(C)(C)C)CC1. The molecule has 1 N–H and O–H groups in total. The number of nitrogens with one attached hydrogen (secondary N) is 1. The van der Waals surface area contributed by atoms with E-state index < -0.39 is 11.6 Å². The van der Waals surface area contributed by atoms with E-state index in [-0.39, 0.29) is 18.7 Å². The van der Waals surface area contributed by atoms with Crippen LogP contribution >= 0.6 is 11.6 Å². The van der Waals surface area contributed by atoms with E-state index in [0.717, 1.165) is 10.9 Å². The van der Waals surface area contributed by atoms with E-state index >= 15 is 0 Å². The first-order chi connectivity index (χ1) is 17.1. The number of anilines is 1. The second-order valence-corrected chi connectivity index (χ2v) is 10.00. The molecule has 1 fully saturated rings. The van der Waals surface area contributed by atoms with Crippen LogP contribution < -0.4 is 5.32 Å². The van der Waals surface area contributed by atoms with Gasteiger partial charge >= 0.3 is 12.1 Å². The summed E-state index contributed by atoms with van der Waals surface area (Å²) in [5.41, 5.74) is 2.56. The van der Waals surface area contributed by atoms with Gasteiger partial charge in [0.25, 0.3) is 0 Å². The van der Waals surface area contributed by atoms with Gasteiger partial charge in [0.2, 0.25) is 0 Å². The summed E-state index contributed by atoms with van der Waals surface area (Å²) in [5, 5.41) is 4.68. The molecule has 0 atom stereocenters. The third-order valence-electron chi connectivity index (χ3n) is 5.77. The van der Waals surface area contributed by atoms with E-state index in [1.807, 2.05) is 32.9 Å². The molecule has 1 amide bonds. The Hall–Kier alpha value is -3.46. The predicted octanol–water partition coefficient (Wildman–Crippen LogP) is 5.33. The van der Waals surface area contributed by atoms with Crippen molar-refractivity contribution in [2.24, 2.45) is 0 Å². The second kappa shape index (κ2) is 10.7. The van der Waals surface area contributed by atoms with Gasteiger partial charge in [0.1, 0.15) is 16.3 Å². The first kappa shape index (κ1) is 25.6. The summed E-state index contributed by atoms with van der Waals surface area (Å²) >= 11 is 5.94. The lowest BCUT2D eigenvalue weighted by molar-refractivity contribution is 0.0210. The quantitative estimate of drug-likeness (QED) is 0.361. The molecule has 0 spiro atoms. The van der Waals surface area contributed by atoms with Gasteiger partial charge in [-0.15, -0.1) is 0 Å². The number of rotatable bonds is 5. The van der Waals surface area contributed by atoms with Crippen LogP contribution in [0.5, 0.6) is 0 Å². The number of carbonyl (C=O) groups excluding carboxylic acids is 2. The van der Waals surface area contributed by atoms with E-state index in [0.29, 0.717) is 53.5 Å². The molecular weight excluding hydrogens is 482 g/mol. The van der Waals surface area contributed by atoms with Gasteiger partial charge in [-0.25, -0.2) is 14.6 Å². The Bertz CT molecular complexity index is 1250. The summed E-state index contributed by atoms with van der Waals surface area (Å²) in [4.78, 5) is 40.1. The Morgan fingerprint density at radius 3 is 2.50 bits per heavy atom. The van der Waals surface area contributed by atoms with Crippen molar-refractivity contribution in [3.05, 3.63) is 47.5 Å². The molecule has 4 heterocycles. The van der Waals surface area contributed by atoms with Crippen molar-refractivity contribution in [1.29, 1.82) is 0 Å². The Morgan fingerprint density at radius 2 is 1.86 bits per heavy atom. The van der Waals surface area contributed by atoms with Crippen LogP contribution in [0.4, 0.5) is 10.5 Å². The monoisotopic (exact) mass is 511 g/mol. The van der Waals surface area contributed by atoms with Gasteiger partial charge in [0, 0.05) is 42.5 Å². The largest absolute Gasteiger partial charge is 0.462 e. The average molecular weight is 512 g/mol. The average Bonchev–Trinajstić information content (AvgIpc) is 2.84. The molecule has 3 aromatic heterocycles. The second-order valence-electron chi connectivity index (χ2n) is 9.61. The van der Waals surface area contributed by atoms with Crippen LogP contribution in [0.1, 0.15) is 50.9 Å². The maximum atomic E-state index is 12.8. The number of pyridine rings is 3. The van der Waals surface area contributed by atoms with Gasteiger partial charge < -0.3 is 19.7 Å². The minimum atomic E-state index is -0.540. The molecule has 3 aromatic rings. The normalized spacial score (nSPS) is 14.5. The number of hydrogen-bond donors (Lipinski definition) is 1. The summed E-state index contributed by atoms with van der Waals surface area (Å²) < 4.78 is 10.8. The van der Waals surface area contributed by atoms with Crippen molar-refractivity contribution in [2.45, 2.75) is 52.2 Å². The third kappa shape index (κ3) is 6.02. The smallest absolute Gasteiger partial charge is 0.410 e. The van der Waals surface area contributed by atoms with Gasteiger partial charge in [-0.3, -0.25) is 9.97 Å². The molecule has 1 saturated heterocycles. The fraction of sp³-hybridized carbons (Fsp3) is 0.423. The van der Waals surface area contributed by atoms with E-state index in [4.69, 9.17) is 21.1 Å². The number of amides is 1. The number of aromatic nitrogens is 3. The van der Waals surface area contributed by atoms with E-state index in [9.17, 15) is 9.59 Å². The summed E-state index contributed by atoms with van der Waals surface area (Å²) in [6, 6.07) is 5.46. The molecule has 1 aliphatic rings. The van der Waals surface area contributed by atoms with E-state index in [1.165, 1.54) is 6.20 Å². The highest BCUT2D eigenvalue weighted by Crippen LogP contribution is 2.31. The predicted molar refractivity (Wildman–Crippen MR) is 138 cm³/mol. The van der Waals surface area contributed by atoms with Crippen molar-refractivity contribution >= 4 is 40.3 Å². The Morgan fingerprint density at radius 1 is 1.11 bits per heavy atom. The number of esters is 1. The lowest BCUT2D eigenvalue weighted by Gasteiger charge is -2.34. The maximum absolute atomic E-state index is 12.8. The Kier molecular flexibility index (Phi) is 7.59. The molecule has 0 radical (unpaired) electrons. The highest BCUT2D eigenvalue weighted by Gasteiger charge is 2.28. The number of carbonyl (C=O) groups is 2. The first-order valence-corrected chi connectivity index (χ1v) is 12.3. The van der Waals surface area contributed by atoms with Crippen molar-refractivity contribution in [3.8, 4) is 11.3 Å². The minimum Gasteiger partial charge on any atom is -0.462 e. The van der Waals surface area contributed by atoms with E-state index in [1.54, 1.807) is 30.3 Å². The third-order valence-corrected chi connectivity index (χ3v) is 5.99. The summed E-state index contributed by atoms with van der Waals surface area (Å²) in [6.45, 7) is 8.68. The van der Waals surface area contributed by atoms with Gasteiger partial charge in [-0.2, -0.15) is 0 Å². The Balaban J connectivity index is 1.63. The lowest BCUT2D eigenvalue weighted by atomic mass is 10.0. The molecule has 190 valence electrons. The topological polar surface area (TPSA) is 107 Å². The van der Waals surface area contributed by atoms with Crippen LogP contribution in [0.3, 0.4) is 0 Å². The van der Waals surface area contributed by atoms with E-state index in [2.05, 4.69) is 20.3 Å². The number of fused-ring (bicyclic) bond motifs is 1. The molecule has 0 aliphatic carbocycles. The number of nitrogens with zero attached hydrogens (tertiary/aromatic N) is 4. The zero-order chi connectivity index (χ0) is 25.9. The molecule has 1 aliphatic heterocycles. The molecule has 0 unspecified atom stereocenters. The molecule has 10 heteroatoms. The van der Waals surface area contributed by atoms with Crippen molar-refractivity contribution in [1.82, 2.24) is 19.9 Å². The minimum absolute atomic E-state index is 0.0382. The van der Waals surface area contributed by atoms with Crippen LogP contribution in [0.25, 0.3) is 22.2 Å². The maximum Gasteiger partial charge on any atom is 0.410 e. The molecule has 0 saturated carbocycles. The van der Waals surface area contributed by atoms with Crippen LogP contribution in [0, 0.1) is 0 Å². The molecule has 0 bridgehead atoms. The Labute approximate surface area is 215 Å². The van der Waals surface area contributed by atoms with Gasteiger partial charge in [-0.05, 0) is 58.7 Å². The van der Waals surface area contributed by atoms with Crippen LogP contribution in [-0.2, 0) is 9.47 Å². The number of likely N-dealkylation sites (tertiary alicyclic amines) is 1. The standard InChI is InChI=1S/C26H30ClN5O4/c1-5-35-24(33)19-14-28-21-15-29-20(16-6-7-22(27)30-13-16)12-18(21)23(19)31-17-8-10-32(11-9-17)25(34)36-26(2,3)4/h6-7,12-15,17H,5,8-11H2,1-4H3,(H,28,31). The highest BCUT2D eigenvalue weighted by molar-refractivity contribution is 6.29. The molecule has 9 nitrogen and oxygen atoms in total. The van der Waals surface area contributed by atoms with Gasteiger partial charge in [-0.1, -0.05) is 11.6 Å². The highest BCUT2D eigenvalue weighted by atomic mass is 35.5. The zero-order valence-corrected chi connectivity index (χ0v) is 21.6.